The zero-order valence-electron chi connectivity index (χ0n) is 10.8. The highest BCUT2D eigenvalue weighted by atomic mass is 32.2. The van der Waals surface area contributed by atoms with Gasteiger partial charge in [-0.05, 0) is 38.5 Å². The lowest BCUT2D eigenvalue weighted by atomic mass is 9.96. The van der Waals surface area contributed by atoms with Crippen molar-refractivity contribution in [1.29, 1.82) is 0 Å². The average molecular weight is 272 g/mol. The van der Waals surface area contributed by atoms with Crippen molar-refractivity contribution >= 4 is 15.7 Å². The van der Waals surface area contributed by atoms with E-state index in [9.17, 15) is 13.5 Å². The SMILES string of the molecule is CC(C)S(=O)(=O)NCC(C)(O)c1ccc(N)cc1. The summed E-state index contributed by atoms with van der Waals surface area (Å²) in [5.41, 5.74) is 5.50. The minimum absolute atomic E-state index is 0.0720. The molecule has 0 spiro atoms. The number of nitrogens with one attached hydrogen (secondary N) is 1. The van der Waals surface area contributed by atoms with Crippen molar-refractivity contribution in [2.45, 2.75) is 31.6 Å². The van der Waals surface area contributed by atoms with Gasteiger partial charge < -0.3 is 10.8 Å². The van der Waals surface area contributed by atoms with Gasteiger partial charge in [-0.15, -0.1) is 0 Å². The molecule has 1 atom stereocenters. The molecule has 0 bridgehead atoms. The number of benzene rings is 1. The highest BCUT2D eigenvalue weighted by molar-refractivity contribution is 7.90. The van der Waals surface area contributed by atoms with E-state index < -0.39 is 20.9 Å². The molecule has 0 saturated carbocycles. The van der Waals surface area contributed by atoms with E-state index in [1.807, 2.05) is 0 Å². The van der Waals surface area contributed by atoms with Crippen LogP contribution < -0.4 is 10.5 Å². The van der Waals surface area contributed by atoms with Gasteiger partial charge in [-0.3, -0.25) is 0 Å². The number of aliphatic hydroxyl groups is 1. The van der Waals surface area contributed by atoms with Crippen LogP contribution in [0.2, 0.25) is 0 Å². The Kier molecular flexibility index (Phi) is 4.37. The van der Waals surface area contributed by atoms with Crippen molar-refractivity contribution < 1.29 is 13.5 Å². The van der Waals surface area contributed by atoms with Crippen LogP contribution in [-0.4, -0.2) is 25.3 Å². The molecule has 1 aromatic carbocycles. The van der Waals surface area contributed by atoms with Crippen LogP contribution in [0.4, 0.5) is 5.69 Å². The van der Waals surface area contributed by atoms with Crippen molar-refractivity contribution in [2.24, 2.45) is 0 Å². The molecule has 18 heavy (non-hydrogen) atoms. The monoisotopic (exact) mass is 272 g/mol. The molecular weight excluding hydrogens is 252 g/mol. The van der Waals surface area contributed by atoms with Gasteiger partial charge >= 0.3 is 0 Å². The predicted octanol–water partition coefficient (Wildman–Crippen LogP) is 0.804. The number of nitrogen functional groups attached to an aromatic ring is 1. The van der Waals surface area contributed by atoms with Gasteiger partial charge in [0, 0.05) is 12.2 Å². The fraction of sp³-hybridized carbons (Fsp3) is 0.500. The van der Waals surface area contributed by atoms with Crippen LogP contribution in [0.3, 0.4) is 0 Å². The minimum atomic E-state index is -3.38. The van der Waals surface area contributed by atoms with Crippen LogP contribution in [0, 0.1) is 0 Å². The topological polar surface area (TPSA) is 92.4 Å². The van der Waals surface area contributed by atoms with Gasteiger partial charge in [-0.1, -0.05) is 12.1 Å². The molecule has 1 aromatic rings. The Hall–Kier alpha value is -1.11. The molecule has 0 aliphatic heterocycles. The van der Waals surface area contributed by atoms with Gasteiger partial charge in [0.05, 0.1) is 5.25 Å². The van der Waals surface area contributed by atoms with Crippen molar-refractivity contribution in [1.82, 2.24) is 4.72 Å². The Morgan fingerprint density at radius 3 is 2.28 bits per heavy atom. The molecule has 0 aliphatic carbocycles. The van der Waals surface area contributed by atoms with E-state index in [0.29, 0.717) is 11.3 Å². The zero-order chi connectivity index (χ0) is 14.0. The second-order valence-electron chi connectivity index (χ2n) is 4.81. The van der Waals surface area contributed by atoms with Gasteiger partial charge in [0.2, 0.25) is 10.0 Å². The van der Waals surface area contributed by atoms with Gasteiger partial charge in [0.25, 0.3) is 0 Å². The summed E-state index contributed by atoms with van der Waals surface area (Å²) in [5.74, 6) is 0. The molecule has 0 radical (unpaired) electrons. The molecule has 0 aromatic heterocycles. The van der Waals surface area contributed by atoms with Gasteiger partial charge in [-0.25, -0.2) is 13.1 Å². The molecule has 0 fully saturated rings. The van der Waals surface area contributed by atoms with E-state index in [2.05, 4.69) is 4.72 Å². The number of rotatable bonds is 5. The summed E-state index contributed by atoms with van der Waals surface area (Å²) in [4.78, 5) is 0. The van der Waals surface area contributed by atoms with E-state index in [-0.39, 0.29) is 6.54 Å². The lowest BCUT2D eigenvalue weighted by Crippen LogP contribution is -2.41. The van der Waals surface area contributed by atoms with Gasteiger partial charge in [0.1, 0.15) is 5.60 Å². The summed E-state index contributed by atoms with van der Waals surface area (Å²) < 4.78 is 25.6. The molecular formula is C12H20N2O3S. The molecule has 102 valence electrons. The second kappa shape index (κ2) is 5.26. The molecule has 0 saturated heterocycles. The van der Waals surface area contributed by atoms with Gasteiger partial charge in [0.15, 0.2) is 0 Å². The van der Waals surface area contributed by atoms with E-state index >= 15 is 0 Å². The standard InChI is InChI=1S/C12H20N2O3S/c1-9(2)18(16,17)14-8-12(3,15)10-4-6-11(13)7-5-10/h4-7,9,14-15H,8,13H2,1-3H3. The van der Waals surface area contributed by atoms with Crippen LogP contribution in [0.1, 0.15) is 26.3 Å². The fourth-order valence-electron chi connectivity index (χ4n) is 1.35. The summed E-state index contributed by atoms with van der Waals surface area (Å²) in [7, 11) is -3.38. The molecule has 5 nitrogen and oxygen atoms in total. The largest absolute Gasteiger partial charge is 0.399 e. The lowest BCUT2D eigenvalue weighted by molar-refractivity contribution is 0.0627. The van der Waals surface area contributed by atoms with Crippen LogP contribution in [0.25, 0.3) is 0 Å². The maximum Gasteiger partial charge on any atom is 0.214 e. The smallest absolute Gasteiger partial charge is 0.214 e. The second-order valence-corrected chi connectivity index (χ2v) is 7.13. The van der Waals surface area contributed by atoms with Crippen LogP contribution >= 0.6 is 0 Å². The maximum atomic E-state index is 11.6. The third-order valence-electron chi connectivity index (χ3n) is 2.77. The van der Waals surface area contributed by atoms with Crippen molar-refractivity contribution in [2.75, 3.05) is 12.3 Å². The van der Waals surface area contributed by atoms with E-state index in [1.165, 1.54) is 0 Å². The summed E-state index contributed by atoms with van der Waals surface area (Å²) in [5, 5.41) is 9.73. The molecule has 1 unspecified atom stereocenters. The Morgan fingerprint density at radius 2 is 1.83 bits per heavy atom. The minimum Gasteiger partial charge on any atom is -0.399 e. The molecule has 1 rings (SSSR count). The normalized spacial score (nSPS) is 15.6. The summed E-state index contributed by atoms with van der Waals surface area (Å²) in [6.07, 6.45) is 0. The first-order valence-electron chi connectivity index (χ1n) is 5.72. The fourth-order valence-corrected chi connectivity index (χ4v) is 2.17. The third-order valence-corrected chi connectivity index (χ3v) is 4.56. The number of nitrogens with two attached hydrogens (primary N) is 1. The molecule has 4 N–H and O–H groups in total. The highest BCUT2D eigenvalue weighted by Crippen LogP contribution is 2.21. The average Bonchev–Trinajstić information content (AvgIpc) is 2.27. The number of hydrogen-bond donors (Lipinski definition) is 3. The van der Waals surface area contributed by atoms with E-state index in [4.69, 9.17) is 5.73 Å². The highest BCUT2D eigenvalue weighted by Gasteiger charge is 2.26. The Morgan fingerprint density at radius 1 is 1.33 bits per heavy atom. The molecule has 0 aliphatic rings. The molecule has 0 heterocycles. The lowest BCUT2D eigenvalue weighted by Gasteiger charge is -2.25. The van der Waals surface area contributed by atoms with Crippen molar-refractivity contribution in [3.63, 3.8) is 0 Å². The summed E-state index contributed by atoms with van der Waals surface area (Å²) in [6.45, 7) is 4.65. The van der Waals surface area contributed by atoms with E-state index in [0.717, 1.165) is 0 Å². The third kappa shape index (κ3) is 3.69. The number of sulfonamides is 1. The van der Waals surface area contributed by atoms with Crippen molar-refractivity contribution in [3.05, 3.63) is 29.8 Å². The molecule has 6 heteroatoms. The van der Waals surface area contributed by atoms with Crippen LogP contribution in [0.5, 0.6) is 0 Å². The molecule has 0 amide bonds. The predicted molar refractivity (Wildman–Crippen MR) is 72.5 cm³/mol. The maximum absolute atomic E-state index is 11.6. The summed E-state index contributed by atoms with van der Waals surface area (Å²) >= 11 is 0. The first-order valence-corrected chi connectivity index (χ1v) is 7.26. The Labute approximate surface area is 108 Å². The Bertz CT molecular complexity index is 493. The summed E-state index contributed by atoms with van der Waals surface area (Å²) in [6, 6.07) is 6.69. The Balaban J connectivity index is 2.80. The number of anilines is 1. The van der Waals surface area contributed by atoms with Crippen LogP contribution in [-0.2, 0) is 15.6 Å². The van der Waals surface area contributed by atoms with E-state index in [1.54, 1.807) is 45.0 Å². The first-order chi connectivity index (χ1) is 8.15. The van der Waals surface area contributed by atoms with Crippen LogP contribution in [0.15, 0.2) is 24.3 Å². The zero-order valence-corrected chi connectivity index (χ0v) is 11.7. The quantitative estimate of drug-likeness (QED) is 0.691. The first kappa shape index (κ1) is 14.9. The van der Waals surface area contributed by atoms with Gasteiger partial charge in [-0.2, -0.15) is 0 Å². The number of hydrogen-bond acceptors (Lipinski definition) is 4. The van der Waals surface area contributed by atoms with Crippen molar-refractivity contribution in [3.8, 4) is 0 Å².